The summed E-state index contributed by atoms with van der Waals surface area (Å²) in [7, 11) is 1.65. The Morgan fingerprint density at radius 1 is 0.750 bits per heavy atom. The largest absolute Gasteiger partial charge is 0.504 e. The van der Waals surface area contributed by atoms with E-state index in [1.165, 1.54) is 0 Å². The number of aromatic nitrogens is 2. The number of ether oxygens (including phenoxy) is 1. The Hall–Kier alpha value is -3.59. The van der Waals surface area contributed by atoms with Gasteiger partial charge in [0.05, 0.1) is 31.6 Å². The SMILES string of the molecule is COC=Cc1cncn1C(c1ccccc1)(c1ccccc1)c1ccccc1. The van der Waals surface area contributed by atoms with Crippen LogP contribution in [0.3, 0.4) is 0 Å². The normalized spacial score (nSPS) is 11.6. The lowest BCUT2D eigenvalue weighted by atomic mass is 9.76. The first-order valence-corrected chi connectivity index (χ1v) is 9.26. The number of rotatable bonds is 6. The first kappa shape index (κ1) is 17.8. The summed E-state index contributed by atoms with van der Waals surface area (Å²) in [5.74, 6) is 0. The summed E-state index contributed by atoms with van der Waals surface area (Å²) in [5, 5.41) is 0. The van der Waals surface area contributed by atoms with Crippen LogP contribution in [0.25, 0.3) is 6.08 Å². The summed E-state index contributed by atoms with van der Waals surface area (Å²) in [6.07, 6.45) is 7.37. The van der Waals surface area contributed by atoms with E-state index in [1.807, 2.05) is 36.8 Å². The smallest absolute Gasteiger partial charge is 0.122 e. The van der Waals surface area contributed by atoms with Crippen LogP contribution in [-0.4, -0.2) is 16.7 Å². The van der Waals surface area contributed by atoms with Gasteiger partial charge in [0.1, 0.15) is 5.54 Å². The van der Waals surface area contributed by atoms with Crippen LogP contribution >= 0.6 is 0 Å². The third-order valence-corrected chi connectivity index (χ3v) is 4.98. The fourth-order valence-electron chi connectivity index (χ4n) is 3.80. The summed E-state index contributed by atoms with van der Waals surface area (Å²) in [5.41, 5.74) is 3.89. The summed E-state index contributed by atoms with van der Waals surface area (Å²) in [6.45, 7) is 0. The van der Waals surface area contributed by atoms with Gasteiger partial charge in [-0.3, -0.25) is 0 Å². The van der Waals surface area contributed by atoms with E-state index in [1.54, 1.807) is 13.4 Å². The van der Waals surface area contributed by atoms with Gasteiger partial charge in [-0.2, -0.15) is 0 Å². The van der Waals surface area contributed by atoms with Crippen molar-refractivity contribution in [2.24, 2.45) is 0 Å². The fourth-order valence-corrected chi connectivity index (χ4v) is 3.80. The number of nitrogens with zero attached hydrogens (tertiary/aromatic N) is 2. The maximum atomic E-state index is 5.18. The van der Waals surface area contributed by atoms with Crippen LogP contribution in [0, 0.1) is 0 Å². The second-order valence-electron chi connectivity index (χ2n) is 6.54. The van der Waals surface area contributed by atoms with Crippen molar-refractivity contribution in [1.29, 1.82) is 0 Å². The first-order chi connectivity index (χ1) is 13.9. The molecule has 28 heavy (non-hydrogen) atoms. The van der Waals surface area contributed by atoms with Crippen molar-refractivity contribution in [3.8, 4) is 0 Å². The van der Waals surface area contributed by atoms with Crippen molar-refractivity contribution in [1.82, 2.24) is 9.55 Å². The van der Waals surface area contributed by atoms with E-state index in [9.17, 15) is 0 Å². The highest BCUT2D eigenvalue weighted by Crippen LogP contribution is 2.41. The lowest BCUT2D eigenvalue weighted by molar-refractivity contribution is 0.341. The van der Waals surface area contributed by atoms with Crippen molar-refractivity contribution in [2.75, 3.05) is 7.11 Å². The van der Waals surface area contributed by atoms with Crippen molar-refractivity contribution in [3.63, 3.8) is 0 Å². The second-order valence-corrected chi connectivity index (χ2v) is 6.54. The van der Waals surface area contributed by atoms with E-state index in [4.69, 9.17) is 4.74 Å². The van der Waals surface area contributed by atoms with Gasteiger partial charge in [0.15, 0.2) is 0 Å². The van der Waals surface area contributed by atoms with Gasteiger partial charge in [-0.05, 0) is 22.8 Å². The Labute approximate surface area is 165 Å². The van der Waals surface area contributed by atoms with Crippen molar-refractivity contribution >= 4 is 6.08 Å². The molecular weight excluding hydrogens is 344 g/mol. The number of hydrogen-bond acceptors (Lipinski definition) is 2. The first-order valence-electron chi connectivity index (χ1n) is 9.26. The van der Waals surface area contributed by atoms with E-state index >= 15 is 0 Å². The molecule has 0 unspecified atom stereocenters. The van der Waals surface area contributed by atoms with Gasteiger partial charge in [-0.15, -0.1) is 0 Å². The molecule has 0 saturated carbocycles. The van der Waals surface area contributed by atoms with E-state index in [-0.39, 0.29) is 0 Å². The van der Waals surface area contributed by atoms with Crippen LogP contribution < -0.4 is 0 Å². The summed E-state index contributed by atoms with van der Waals surface area (Å²) >= 11 is 0. The lowest BCUT2D eigenvalue weighted by Crippen LogP contribution is -2.38. The highest BCUT2D eigenvalue weighted by atomic mass is 16.5. The predicted octanol–water partition coefficient (Wildman–Crippen LogP) is 5.34. The second kappa shape index (κ2) is 7.97. The molecule has 0 N–H and O–H groups in total. The zero-order valence-electron chi connectivity index (χ0n) is 15.8. The molecule has 0 bridgehead atoms. The molecular formula is C25H22N2O. The minimum absolute atomic E-state index is 0.562. The highest BCUT2D eigenvalue weighted by molar-refractivity contribution is 5.54. The van der Waals surface area contributed by atoms with Gasteiger partial charge < -0.3 is 9.30 Å². The van der Waals surface area contributed by atoms with Crippen LogP contribution in [0.1, 0.15) is 22.4 Å². The summed E-state index contributed by atoms with van der Waals surface area (Å²) in [4.78, 5) is 4.47. The molecule has 4 rings (SSSR count). The highest BCUT2D eigenvalue weighted by Gasteiger charge is 2.39. The molecule has 138 valence electrons. The van der Waals surface area contributed by atoms with Crippen LogP contribution in [0.2, 0.25) is 0 Å². The molecule has 0 spiro atoms. The molecule has 0 aliphatic carbocycles. The number of benzene rings is 3. The Kier molecular flexibility index (Phi) is 5.07. The van der Waals surface area contributed by atoms with Crippen molar-refractivity contribution < 1.29 is 4.74 Å². The number of imidazole rings is 1. The molecule has 0 radical (unpaired) electrons. The lowest BCUT2D eigenvalue weighted by Gasteiger charge is -2.38. The molecule has 3 heteroatoms. The van der Waals surface area contributed by atoms with Gasteiger partial charge in [0, 0.05) is 0 Å². The van der Waals surface area contributed by atoms with Crippen LogP contribution in [0.5, 0.6) is 0 Å². The Morgan fingerprint density at radius 2 is 1.21 bits per heavy atom. The third-order valence-electron chi connectivity index (χ3n) is 4.98. The molecule has 0 amide bonds. The standard InChI is InChI=1S/C25H22N2O/c1-28-18-17-24-19-26-20-27(24)25(21-11-5-2-6-12-21,22-13-7-3-8-14-22)23-15-9-4-10-16-23/h2-20H,1H3. The quantitative estimate of drug-likeness (QED) is 0.340. The van der Waals surface area contributed by atoms with Gasteiger partial charge in [0.2, 0.25) is 0 Å². The van der Waals surface area contributed by atoms with Crippen LogP contribution in [0.4, 0.5) is 0 Å². The van der Waals surface area contributed by atoms with E-state index in [2.05, 4.69) is 82.3 Å². The minimum atomic E-state index is -0.562. The fraction of sp³-hybridized carbons (Fsp3) is 0.0800. The zero-order chi connectivity index (χ0) is 19.2. The average molecular weight is 366 g/mol. The third kappa shape index (κ3) is 3.01. The van der Waals surface area contributed by atoms with Gasteiger partial charge in [0.25, 0.3) is 0 Å². The molecule has 1 heterocycles. The Bertz CT molecular complexity index is 941. The topological polar surface area (TPSA) is 27.1 Å². The molecule has 0 saturated heterocycles. The monoisotopic (exact) mass is 366 g/mol. The minimum Gasteiger partial charge on any atom is -0.504 e. The van der Waals surface area contributed by atoms with E-state index in [0.29, 0.717) is 0 Å². The number of methoxy groups -OCH3 is 1. The number of hydrogen-bond donors (Lipinski definition) is 0. The maximum Gasteiger partial charge on any atom is 0.122 e. The van der Waals surface area contributed by atoms with Crippen LogP contribution in [0.15, 0.2) is 110 Å². The van der Waals surface area contributed by atoms with Gasteiger partial charge in [-0.1, -0.05) is 91.0 Å². The van der Waals surface area contributed by atoms with Crippen LogP contribution in [-0.2, 0) is 10.3 Å². The average Bonchev–Trinajstić information content (AvgIpc) is 3.24. The van der Waals surface area contributed by atoms with E-state index < -0.39 is 5.54 Å². The molecule has 0 atom stereocenters. The molecule has 1 aromatic heterocycles. The Morgan fingerprint density at radius 3 is 1.64 bits per heavy atom. The molecule has 3 nitrogen and oxygen atoms in total. The van der Waals surface area contributed by atoms with E-state index in [0.717, 1.165) is 22.4 Å². The summed E-state index contributed by atoms with van der Waals surface area (Å²) in [6, 6.07) is 31.6. The Balaban J connectivity index is 2.11. The molecule has 3 aromatic carbocycles. The van der Waals surface area contributed by atoms with Gasteiger partial charge in [-0.25, -0.2) is 4.98 Å². The molecule has 0 fully saturated rings. The molecule has 0 aliphatic rings. The molecule has 0 aliphatic heterocycles. The molecule has 4 aromatic rings. The summed E-state index contributed by atoms with van der Waals surface area (Å²) < 4.78 is 7.39. The van der Waals surface area contributed by atoms with Crippen molar-refractivity contribution in [2.45, 2.75) is 5.54 Å². The van der Waals surface area contributed by atoms with Crippen molar-refractivity contribution in [3.05, 3.63) is 132 Å². The maximum absolute atomic E-state index is 5.18. The predicted molar refractivity (Wildman–Crippen MR) is 113 cm³/mol. The zero-order valence-corrected chi connectivity index (χ0v) is 15.8. The van der Waals surface area contributed by atoms with Gasteiger partial charge >= 0.3 is 0 Å².